The lowest BCUT2D eigenvalue weighted by Crippen LogP contribution is -2.41. The van der Waals surface area contributed by atoms with Crippen LogP contribution in [0.2, 0.25) is 10.0 Å². The number of likely N-dealkylation sites (tertiary alicyclic amines) is 2. The Balaban J connectivity index is 0.000000175. The number of benzene rings is 2. The number of ether oxygens (including phenoxy) is 2. The number of nitrogens with one attached hydrogen (secondary N) is 2. The van der Waals surface area contributed by atoms with E-state index in [0.717, 1.165) is 68.4 Å². The van der Waals surface area contributed by atoms with Crippen molar-refractivity contribution >= 4 is 40.1 Å². The van der Waals surface area contributed by atoms with E-state index in [1.165, 1.54) is 0 Å². The van der Waals surface area contributed by atoms with Gasteiger partial charge < -0.3 is 34.7 Å². The summed E-state index contributed by atoms with van der Waals surface area (Å²) in [4.78, 5) is 19.4. The van der Waals surface area contributed by atoms with Gasteiger partial charge in [-0.05, 0) is 107 Å². The zero-order valence-corrected chi connectivity index (χ0v) is 27.5. The van der Waals surface area contributed by atoms with Gasteiger partial charge in [0.25, 0.3) is 5.56 Å². The van der Waals surface area contributed by atoms with E-state index < -0.39 is 6.23 Å². The molecule has 0 spiro atoms. The maximum Gasteiger partial charge on any atom is 0.255 e. The van der Waals surface area contributed by atoms with Crippen molar-refractivity contribution in [2.45, 2.75) is 83.9 Å². The summed E-state index contributed by atoms with van der Waals surface area (Å²) in [5.74, 6) is 1.38. The molecule has 3 aromatic rings. The summed E-state index contributed by atoms with van der Waals surface area (Å²) in [5.41, 5.74) is 1.61. The highest BCUT2D eigenvalue weighted by molar-refractivity contribution is 6.33. The van der Waals surface area contributed by atoms with Crippen LogP contribution in [0.15, 0.2) is 47.5 Å². The first kappa shape index (κ1) is 32.6. The minimum absolute atomic E-state index is 0.129. The lowest BCUT2D eigenvalue weighted by atomic mass is 10.0. The zero-order chi connectivity index (χ0) is 31.4. The van der Waals surface area contributed by atoms with Crippen LogP contribution in [0, 0.1) is 0 Å². The summed E-state index contributed by atoms with van der Waals surface area (Å²) >= 11 is 12.6. The second-order valence-corrected chi connectivity index (χ2v) is 13.2. The van der Waals surface area contributed by atoms with Crippen molar-refractivity contribution in [2.24, 2.45) is 0 Å². The minimum atomic E-state index is -0.708. The van der Waals surface area contributed by atoms with E-state index in [-0.39, 0.29) is 17.8 Å². The smallest absolute Gasteiger partial charge is 0.255 e. The zero-order valence-electron chi connectivity index (χ0n) is 26.0. The first-order valence-electron chi connectivity index (χ1n) is 15.7. The first-order valence-corrected chi connectivity index (χ1v) is 16.4. The third-order valence-corrected chi connectivity index (χ3v) is 9.37. The third-order valence-electron chi connectivity index (χ3n) is 8.78. The Labute approximate surface area is 269 Å². The van der Waals surface area contributed by atoms with Crippen molar-refractivity contribution < 1.29 is 14.6 Å². The van der Waals surface area contributed by atoms with E-state index in [9.17, 15) is 9.90 Å². The van der Waals surface area contributed by atoms with Crippen LogP contribution in [0.5, 0.6) is 11.5 Å². The van der Waals surface area contributed by atoms with Gasteiger partial charge in [0.15, 0.2) is 6.23 Å². The van der Waals surface area contributed by atoms with E-state index in [2.05, 4.69) is 47.8 Å². The molecule has 44 heavy (non-hydrogen) atoms. The van der Waals surface area contributed by atoms with Gasteiger partial charge in [-0.15, -0.1) is 0 Å². The number of H-pyrrole nitrogens is 1. The number of aliphatic hydroxyl groups is 1. The number of halogens is 2. The maximum atomic E-state index is 11.8. The summed E-state index contributed by atoms with van der Waals surface area (Å²) in [7, 11) is 0. The van der Waals surface area contributed by atoms with Crippen molar-refractivity contribution in [3.63, 3.8) is 0 Å². The van der Waals surface area contributed by atoms with Crippen molar-refractivity contribution in [2.75, 3.05) is 26.2 Å². The van der Waals surface area contributed by atoms with Gasteiger partial charge in [0.05, 0.1) is 10.0 Å². The monoisotopic (exact) mass is 642 g/mol. The Hall–Kier alpha value is -2.75. The van der Waals surface area contributed by atoms with Crippen LogP contribution in [0.25, 0.3) is 16.8 Å². The Morgan fingerprint density at radius 3 is 1.95 bits per heavy atom. The summed E-state index contributed by atoms with van der Waals surface area (Å²) in [5, 5.41) is 15.3. The fraction of sp³-hybridized carbons (Fsp3) is 0.500. The largest absolute Gasteiger partial charge is 0.489 e. The Bertz CT molecular complexity index is 1510. The van der Waals surface area contributed by atoms with E-state index in [1.54, 1.807) is 24.5 Å². The van der Waals surface area contributed by atoms with Gasteiger partial charge in [0, 0.05) is 55.4 Å². The van der Waals surface area contributed by atoms with Crippen LogP contribution < -0.4 is 20.3 Å². The summed E-state index contributed by atoms with van der Waals surface area (Å²) in [6.07, 6.45) is 9.04. The molecule has 1 unspecified atom stereocenters. The summed E-state index contributed by atoms with van der Waals surface area (Å²) < 4.78 is 12.2. The molecule has 0 aliphatic carbocycles. The van der Waals surface area contributed by atoms with Crippen molar-refractivity contribution in [3.8, 4) is 11.5 Å². The molecule has 3 N–H and O–H groups in total. The number of aromatic amines is 1. The highest BCUT2D eigenvalue weighted by Crippen LogP contribution is 2.35. The molecule has 2 aromatic carbocycles. The molecule has 0 radical (unpaired) electrons. The second-order valence-electron chi connectivity index (χ2n) is 12.4. The van der Waals surface area contributed by atoms with Crippen molar-refractivity contribution in [1.29, 1.82) is 0 Å². The standard InChI is InChI=1S/C17H23ClN2O2.C17H21ClN2O2/c2*1-11(2)20-7-4-13(5-8-20)22-16-9-12-3-6-19-17(21)14(12)10-15(16)18/h3,6,9-11,13,17,19,21H,4-5,7-8H2,1-2H3;3,6,9-11,13H,4-5,7-8H2,1-2H3,(H,19,21). The number of rotatable bonds is 6. The van der Waals surface area contributed by atoms with Crippen molar-refractivity contribution in [3.05, 3.63) is 74.3 Å². The molecule has 3 aliphatic heterocycles. The molecule has 0 amide bonds. The Morgan fingerprint density at radius 1 is 0.841 bits per heavy atom. The highest BCUT2D eigenvalue weighted by Gasteiger charge is 2.25. The lowest BCUT2D eigenvalue weighted by Gasteiger charge is -2.34. The number of piperidine rings is 2. The van der Waals surface area contributed by atoms with Crippen LogP contribution >= 0.6 is 23.2 Å². The fourth-order valence-corrected chi connectivity index (χ4v) is 6.46. The highest BCUT2D eigenvalue weighted by atomic mass is 35.5. The van der Waals surface area contributed by atoms with Gasteiger partial charge in [-0.2, -0.15) is 0 Å². The molecule has 0 saturated carbocycles. The first-order chi connectivity index (χ1) is 21.1. The summed E-state index contributed by atoms with van der Waals surface area (Å²) in [6, 6.07) is 10.3. The molecule has 4 heterocycles. The van der Waals surface area contributed by atoms with Crippen LogP contribution in [-0.4, -0.2) is 70.4 Å². The van der Waals surface area contributed by atoms with E-state index in [0.29, 0.717) is 39.0 Å². The van der Waals surface area contributed by atoms with Crippen LogP contribution in [-0.2, 0) is 0 Å². The van der Waals surface area contributed by atoms with E-state index in [1.807, 2.05) is 24.3 Å². The molecule has 2 saturated heterocycles. The number of nitrogens with zero attached hydrogens (tertiary/aromatic N) is 2. The topological polar surface area (TPSA) is 90.1 Å². The number of hydrogen-bond donors (Lipinski definition) is 3. The minimum Gasteiger partial charge on any atom is -0.489 e. The molecule has 1 aromatic heterocycles. The average molecular weight is 644 g/mol. The number of aromatic nitrogens is 1. The van der Waals surface area contributed by atoms with Gasteiger partial charge in [-0.3, -0.25) is 4.79 Å². The summed E-state index contributed by atoms with van der Waals surface area (Å²) in [6.45, 7) is 13.1. The fourth-order valence-electron chi connectivity index (χ4n) is 6.03. The van der Waals surface area contributed by atoms with Gasteiger partial charge in [0.2, 0.25) is 0 Å². The number of hydrogen-bond acceptors (Lipinski definition) is 7. The van der Waals surface area contributed by atoms with Gasteiger partial charge in [-0.25, -0.2) is 0 Å². The number of fused-ring (bicyclic) bond motifs is 2. The van der Waals surface area contributed by atoms with E-state index >= 15 is 0 Å². The second kappa shape index (κ2) is 14.6. The molecule has 0 bridgehead atoms. The molecule has 6 rings (SSSR count). The van der Waals surface area contributed by atoms with Gasteiger partial charge in [0.1, 0.15) is 23.7 Å². The number of aliphatic hydroxyl groups excluding tert-OH is 1. The van der Waals surface area contributed by atoms with Crippen LogP contribution in [0.4, 0.5) is 0 Å². The van der Waals surface area contributed by atoms with Crippen LogP contribution in [0.1, 0.15) is 70.7 Å². The third kappa shape index (κ3) is 7.90. The SMILES string of the molecule is CC(C)N1CCC(Oc2cc3c(cc2Cl)C(O)NC=C3)CC1.CC(C)N1CCC(Oc2cc3cc[nH]c(=O)c3cc2Cl)CC1. The lowest BCUT2D eigenvalue weighted by molar-refractivity contribution is 0.0841. The molecule has 2 fully saturated rings. The van der Waals surface area contributed by atoms with Crippen LogP contribution in [0.3, 0.4) is 0 Å². The molecule has 1 atom stereocenters. The molecule has 3 aliphatic rings. The Morgan fingerprint density at radius 2 is 1.39 bits per heavy atom. The molecule has 238 valence electrons. The predicted octanol–water partition coefficient (Wildman–Crippen LogP) is 6.59. The molecular formula is C34H44Cl2N4O4. The molecular weight excluding hydrogens is 599 g/mol. The molecule has 10 heteroatoms. The van der Waals surface area contributed by atoms with E-state index in [4.69, 9.17) is 32.7 Å². The van der Waals surface area contributed by atoms with Gasteiger partial charge in [-0.1, -0.05) is 23.2 Å². The normalized spacial score (nSPS) is 19.9. The Kier molecular flexibility index (Phi) is 10.8. The van der Waals surface area contributed by atoms with Crippen molar-refractivity contribution in [1.82, 2.24) is 20.1 Å². The quantitative estimate of drug-likeness (QED) is 0.279. The van der Waals surface area contributed by atoms with Gasteiger partial charge >= 0.3 is 0 Å². The maximum absolute atomic E-state index is 11.8. The number of pyridine rings is 1. The average Bonchev–Trinajstić information content (AvgIpc) is 3.00. The molecule has 8 nitrogen and oxygen atoms in total. The predicted molar refractivity (Wildman–Crippen MR) is 179 cm³/mol.